The number of sulfonamides is 1. The Kier molecular flexibility index (Phi) is 6.80. The first kappa shape index (κ1) is 23.4. The fourth-order valence-corrected chi connectivity index (χ4v) is 6.26. The predicted octanol–water partition coefficient (Wildman–Crippen LogP) is 2.66. The minimum absolute atomic E-state index is 0.126. The highest BCUT2D eigenvalue weighted by Crippen LogP contribution is 2.22. The van der Waals surface area contributed by atoms with E-state index < -0.39 is 25.8 Å². The molecule has 1 heterocycles. The van der Waals surface area contributed by atoms with E-state index in [0.29, 0.717) is 32.0 Å². The molecule has 10 heteroatoms. The highest BCUT2D eigenvalue weighted by atomic mass is 32.2. The van der Waals surface area contributed by atoms with Crippen molar-refractivity contribution < 1.29 is 26.4 Å². The van der Waals surface area contributed by atoms with Crippen LogP contribution in [0.4, 0.5) is 5.69 Å². The molecule has 1 aliphatic heterocycles. The van der Waals surface area contributed by atoms with Gasteiger partial charge in [0.05, 0.1) is 28.8 Å². The van der Waals surface area contributed by atoms with Crippen molar-refractivity contribution in [3.8, 4) is 0 Å². The average molecular weight is 489 g/mol. The number of nitrogens with zero attached hydrogens (tertiary/aromatic N) is 1. The number of hydrogen-bond acceptors (Lipinski definition) is 6. The third-order valence-electron chi connectivity index (χ3n) is 5.42. The summed E-state index contributed by atoms with van der Waals surface area (Å²) in [4.78, 5) is 12.6. The van der Waals surface area contributed by atoms with Gasteiger partial charge in [0.25, 0.3) is 0 Å². The molecule has 0 aliphatic carbocycles. The number of morpholine rings is 1. The summed E-state index contributed by atoms with van der Waals surface area (Å²) >= 11 is 0. The molecule has 0 atom stereocenters. The van der Waals surface area contributed by atoms with Gasteiger partial charge in [0.15, 0.2) is 9.84 Å². The number of ether oxygens (including phenoxy) is 1. The molecule has 0 radical (unpaired) electrons. The van der Waals surface area contributed by atoms with Crippen molar-refractivity contribution in [2.75, 3.05) is 37.4 Å². The summed E-state index contributed by atoms with van der Waals surface area (Å²) in [6, 6.07) is 18.2. The highest BCUT2D eigenvalue weighted by Gasteiger charge is 2.26. The van der Waals surface area contributed by atoms with Crippen molar-refractivity contribution >= 4 is 42.2 Å². The van der Waals surface area contributed by atoms with Crippen molar-refractivity contribution in [3.05, 3.63) is 66.7 Å². The number of anilines is 1. The number of amides is 1. The third kappa shape index (κ3) is 5.41. The number of carbonyl (C=O) groups excluding carboxylic acids is 1. The fourth-order valence-electron chi connectivity index (χ4n) is 3.58. The van der Waals surface area contributed by atoms with Crippen molar-refractivity contribution in [1.29, 1.82) is 0 Å². The van der Waals surface area contributed by atoms with Gasteiger partial charge in [-0.1, -0.05) is 30.3 Å². The fraction of sp³-hybridized carbons (Fsp3) is 0.261. The molecular formula is C23H24N2O6S2. The molecule has 1 amide bonds. The molecule has 1 aliphatic rings. The van der Waals surface area contributed by atoms with Crippen LogP contribution < -0.4 is 5.32 Å². The van der Waals surface area contributed by atoms with Crippen LogP contribution in [0.1, 0.15) is 6.42 Å². The second-order valence-corrected chi connectivity index (χ2v) is 11.7. The van der Waals surface area contributed by atoms with Gasteiger partial charge in [-0.25, -0.2) is 16.8 Å². The summed E-state index contributed by atoms with van der Waals surface area (Å²) in [5.41, 5.74) is 0.393. The van der Waals surface area contributed by atoms with Gasteiger partial charge in [0, 0.05) is 25.2 Å². The average Bonchev–Trinajstić information content (AvgIpc) is 2.83. The zero-order chi connectivity index (χ0) is 23.5. The Bertz CT molecular complexity index is 1360. The van der Waals surface area contributed by atoms with E-state index in [4.69, 9.17) is 4.74 Å². The van der Waals surface area contributed by atoms with Gasteiger partial charge in [0.1, 0.15) is 0 Å². The summed E-state index contributed by atoms with van der Waals surface area (Å²) in [6.45, 7) is 1.31. The smallest absolute Gasteiger partial charge is 0.243 e. The number of carbonyl (C=O) groups is 1. The van der Waals surface area contributed by atoms with Crippen molar-refractivity contribution in [1.82, 2.24) is 4.31 Å². The minimum atomic E-state index is -3.63. The Hall–Kier alpha value is -2.79. The van der Waals surface area contributed by atoms with Crippen LogP contribution >= 0.6 is 0 Å². The Morgan fingerprint density at radius 1 is 0.848 bits per heavy atom. The first-order valence-corrected chi connectivity index (χ1v) is 13.5. The minimum Gasteiger partial charge on any atom is -0.379 e. The SMILES string of the molecule is O=C(CCS(=O)(=O)c1ccc2ccccc2c1)Nc1ccc(S(=O)(=O)N2CCOCC2)cc1. The van der Waals surface area contributed by atoms with Crippen molar-refractivity contribution in [2.24, 2.45) is 0 Å². The normalized spacial score (nSPS) is 15.4. The van der Waals surface area contributed by atoms with Crippen LogP contribution in [0.25, 0.3) is 10.8 Å². The molecule has 4 rings (SSSR count). The van der Waals surface area contributed by atoms with Gasteiger partial charge in [-0.15, -0.1) is 0 Å². The van der Waals surface area contributed by atoms with Crippen LogP contribution in [0.3, 0.4) is 0 Å². The first-order valence-electron chi connectivity index (χ1n) is 10.5. The molecular weight excluding hydrogens is 464 g/mol. The molecule has 1 N–H and O–H groups in total. The van der Waals surface area contributed by atoms with E-state index >= 15 is 0 Å². The van der Waals surface area contributed by atoms with Gasteiger partial charge in [-0.2, -0.15) is 4.31 Å². The number of fused-ring (bicyclic) bond motifs is 1. The molecule has 3 aromatic carbocycles. The van der Waals surface area contributed by atoms with Crippen LogP contribution in [0, 0.1) is 0 Å². The lowest BCUT2D eigenvalue weighted by Crippen LogP contribution is -2.40. The lowest BCUT2D eigenvalue weighted by molar-refractivity contribution is -0.115. The molecule has 0 aromatic heterocycles. The van der Waals surface area contributed by atoms with Crippen LogP contribution in [0.15, 0.2) is 76.5 Å². The molecule has 0 unspecified atom stereocenters. The van der Waals surface area contributed by atoms with Crippen LogP contribution in [0.5, 0.6) is 0 Å². The third-order valence-corrected chi connectivity index (χ3v) is 9.05. The zero-order valence-corrected chi connectivity index (χ0v) is 19.4. The Morgan fingerprint density at radius 2 is 1.48 bits per heavy atom. The summed E-state index contributed by atoms with van der Waals surface area (Å²) in [5.74, 6) is -0.802. The molecule has 1 fully saturated rings. The quantitative estimate of drug-likeness (QED) is 0.548. The lowest BCUT2D eigenvalue weighted by atomic mass is 10.1. The van der Waals surface area contributed by atoms with Crippen LogP contribution in [-0.2, 0) is 29.4 Å². The highest BCUT2D eigenvalue weighted by molar-refractivity contribution is 7.91. The molecule has 174 valence electrons. The van der Waals surface area contributed by atoms with E-state index in [2.05, 4.69) is 5.32 Å². The number of nitrogens with one attached hydrogen (secondary N) is 1. The van der Waals surface area contributed by atoms with E-state index in [-0.39, 0.29) is 22.0 Å². The summed E-state index contributed by atoms with van der Waals surface area (Å²) < 4.78 is 57.2. The van der Waals surface area contributed by atoms with E-state index in [1.165, 1.54) is 28.6 Å². The van der Waals surface area contributed by atoms with E-state index in [0.717, 1.165) is 10.8 Å². The van der Waals surface area contributed by atoms with Crippen LogP contribution in [0.2, 0.25) is 0 Å². The maximum atomic E-state index is 12.7. The molecule has 0 bridgehead atoms. The van der Waals surface area contributed by atoms with Gasteiger partial charge in [-0.05, 0) is 47.2 Å². The lowest BCUT2D eigenvalue weighted by Gasteiger charge is -2.26. The monoisotopic (exact) mass is 488 g/mol. The number of rotatable bonds is 7. The number of sulfone groups is 1. The van der Waals surface area contributed by atoms with Gasteiger partial charge >= 0.3 is 0 Å². The number of benzene rings is 3. The van der Waals surface area contributed by atoms with Gasteiger partial charge in [0.2, 0.25) is 15.9 Å². The first-order chi connectivity index (χ1) is 15.8. The number of hydrogen-bond donors (Lipinski definition) is 1. The molecule has 0 spiro atoms. The van der Waals surface area contributed by atoms with E-state index in [9.17, 15) is 21.6 Å². The van der Waals surface area contributed by atoms with E-state index in [1.807, 2.05) is 24.3 Å². The van der Waals surface area contributed by atoms with Gasteiger partial charge in [-0.3, -0.25) is 4.79 Å². The zero-order valence-electron chi connectivity index (χ0n) is 17.8. The molecule has 0 saturated carbocycles. The molecule has 8 nitrogen and oxygen atoms in total. The largest absolute Gasteiger partial charge is 0.379 e. The summed E-state index contributed by atoms with van der Waals surface area (Å²) in [7, 11) is -7.26. The Balaban J connectivity index is 1.37. The van der Waals surface area contributed by atoms with Crippen molar-refractivity contribution in [3.63, 3.8) is 0 Å². The Labute approximate surface area is 193 Å². The Morgan fingerprint density at radius 3 is 2.18 bits per heavy atom. The summed E-state index contributed by atoms with van der Waals surface area (Å²) in [5, 5.41) is 4.38. The van der Waals surface area contributed by atoms with E-state index in [1.54, 1.807) is 18.2 Å². The maximum Gasteiger partial charge on any atom is 0.243 e. The van der Waals surface area contributed by atoms with Crippen LogP contribution in [-0.4, -0.2) is 59.1 Å². The molecule has 33 heavy (non-hydrogen) atoms. The standard InChI is InChI=1S/C23H24N2O6S2/c26-23(11-16-32(27,28)22-8-5-18-3-1-2-4-19(18)17-22)24-20-6-9-21(10-7-20)33(29,30)25-12-14-31-15-13-25/h1-10,17H,11-16H2,(H,24,26). The molecule has 3 aromatic rings. The topological polar surface area (TPSA) is 110 Å². The maximum absolute atomic E-state index is 12.7. The van der Waals surface area contributed by atoms with Crippen molar-refractivity contribution in [2.45, 2.75) is 16.2 Å². The second kappa shape index (κ2) is 9.60. The molecule has 1 saturated heterocycles. The predicted molar refractivity (Wildman–Crippen MR) is 125 cm³/mol. The summed E-state index contributed by atoms with van der Waals surface area (Å²) in [6.07, 6.45) is -0.219. The second-order valence-electron chi connectivity index (χ2n) is 7.67. The van der Waals surface area contributed by atoms with Gasteiger partial charge < -0.3 is 10.1 Å².